The van der Waals surface area contributed by atoms with E-state index in [9.17, 15) is 17.6 Å². The number of rotatable bonds is 3. The van der Waals surface area contributed by atoms with E-state index in [0.29, 0.717) is 0 Å². The van der Waals surface area contributed by atoms with Crippen molar-refractivity contribution in [2.45, 2.75) is 25.6 Å². The Morgan fingerprint density at radius 1 is 1.33 bits per heavy atom. The lowest BCUT2D eigenvalue weighted by Gasteiger charge is -2.24. The van der Waals surface area contributed by atoms with Crippen molar-refractivity contribution in [2.24, 2.45) is 0 Å². The molecular weight excluding hydrogens is 310 g/mol. The highest BCUT2D eigenvalue weighted by atomic mass is 31.2. The standard InChI is InChI=1S/C5H7F4O3P.H3O4P/c6-3-1-2-10-13(11-3)12-5(9)4(7)8;1-5(2,3)4/h3-5H,1-2H2;(H3,1,2,3,4). The molecule has 7 nitrogen and oxygen atoms in total. The van der Waals surface area contributed by atoms with Crippen LogP contribution in [0.2, 0.25) is 0 Å². The van der Waals surface area contributed by atoms with E-state index in [1.54, 1.807) is 0 Å². The Morgan fingerprint density at radius 3 is 2.22 bits per heavy atom. The van der Waals surface area contributed by atoms with Crippen LogP contribution in [0.15, 0.2) is 0 Å². The largest absolute Gasteiger partial charge is 0.466 e. The number of halogens is 4. The van der Waals surface area contributed by atoms with Crippen LogP contribution in [0.1, 0.15) is 6.42 Å². The highest BCUT2D eigenvalue weighted by Crippen LogP contribution is 2.46. The molecule has 3 unspecified atom stereocenters. The van der Waals surface area contributed by atoms with E-state index >= 15 is 0 Å². The first-order valence-electron chi connectivity index (χ1n) is 4.20. The fourth-order valence-corrected chi connectivity index (χ4v) is 1.55. The van der Waals surface area contributed by atoms with Crippen LogP contribution in [0, 0.1) is 0 Å². The van der Waals surface area contributed by atoms with Gasteiger partial charge in [0.25, 0.3) is 12.8 Å². The van der Waals surface area contributed by atoms with E-state index < -0.39 is 35.6 Å². The smallest absolute Gasteiger partial charge is 0.312 e. The highest BCUT2D eigenvalue weighted by Gasteiger charge is 2.31. The molecule has 0 bridgehead atoms. The Hall–Kier alpha value is 0.140. The molecule has 0 aliphatic carbocycles. The van der Waals surface area contributed by atoms with Crippen LogP contribution in [0.3, 0.4) is 0 Å². The Balaban J connectivity index is 0.000000494. The number of hydrogen-bond acceptors (Lipinski definition) is 4. The van der Waals surface area contributed by atoms with Gasteiger partial charge < -0.3 is 19.2 Å². The summed E-state index contributed by atoms with van der Waals surface area (Å²) in [5, 5.41) is 0. The zero-order valence-corrected chi connectivity index (χ0v) is 10.3. The van der Waals surface area contributed by atoms with Crippen LogP contribution in [0.4, 0.5) is 17.6 Å². The van der Waals surface area contributed by atoms with Gasteiger partial charge in [-0.15, -0.1) is 0 Å². The van der Waals surface area contributed by atoms with Crippen molar-refractivity contribution in [1.82, 2.24) is 0 Å². The third kappa shape index (κ3) is 11.2. The predicted octanol–water partition coefficient (Wildman–Crippen LogP) is 1.59. The van der Waals surface area contributed by atoms with Crippen LogP contribution in [0.25, 0.3) is 0 Å². The summed E-state index contributed by atoms with van der Waals surface area (Å²) in [6.07, 6.45) is -7.72. The second-order valence-electron chi connectivity index (χ2n) is 2.67. The molecule has 1 heterocycles. The lowest BCUT2D eigenvalue weighted by molar-refractivity contribution is -0.0959. The van der Waals surface area contributed by atoms with Gasteiger partial charge in [0.1, 0.15) is 0 Å². The minimum atomic E-state index is -4.64. The van der Waals surface area contributed by atoms with Gasteiger partial charge in [0.15, 0.2) is 0 Å². The average Bonchev–Trinajstić information content (AvgIpc) is 2.14. The van der Waals surface area contributed by atoms with Crippen molar-refractivity contribution in [3.05, 3.63) is 0 Å². The summed E-state index contributed by atoms with van der Waals surface area (Å²) in [6, 6.07) is 0. The first-order valence-corrected chi connectivity index (χ1v) is 6.87. The van der Waals surface area contributed by atoms with E-state index in [-0.39, 0.29) is 13.0 Å². The molecule has 0 amide bonds. The molecule has 0 radical (unpaired) electrons. The molecule has 0 saturated carbocycles. The molecule has 0 aromatic carbocycles. The Kier molecular flexibility index (Phi) is 8.40. The van der Waals surface area contributed by atoms with Gasteiger partial charge in [-0.2, -0.15) is 0 Å². The summed E-state index contributed by atoms with van der Waals surface area (Å²) in [4.78, 5) is 21.6. The molecular formula is C5H10F4O7P2. The summed E-state index contributed by atoms with van der Waals surface area (Å²) in [6.45, 7) is -0.0250. The van der Waals surface area contributed by atoms with Gasteiger partial charge in [-0.1, -0.05) is 0 Å². The third-order valence-corrected chi connectivity index (χ3v) is 2.29. The number of alkyl halides is 4. The normalized spacial score (nSPS) is 26.4. The fraction of sp³-hybridized carbons (Fsp3) is 1.00. The minimum Gasteiger partial charge on any atom is -0.312 e. The van der Waals surface area contributed by atoms with Crippen molar-refractivity contribution in [1.29, 1.82) is 0 Å². The molecule has 1 saturated heterocycles. The summed E-state index contributed by atoms with van der Waals surface area (Å²) in [5.41, 5.74) is 0. The highest BCUT2D eigenvalue weighted by molar-refractivity contribution is 7.45. The van der Waals surface area contributed by atoms with Gasteiger partial charge in [0.2, 0.25) is 6.36 Å². The number of hydrogen-bond donors (Lipinski definition) is 3. The van der Waals surface area contributed by atoms with Crippen molar-refractivity contribution in [3.63, 3.8) is 0 Å². The first kappa shape index (κ1) is 18.1. The molecule has 1 aliphatic rings. The average molecular weight is 320 g/mol. The fourth-order valence-electron chi connectivity index (χ4n) is 0.580. The van der Waals surface area contributed by atoms with Crippen LogP contribution in [-0.2, 0) is 18.1 Å². The molecule has 1 fully saturated rings. The Morgan fingerprint density at radius 2 is 1.83 bits per heavy atom. The second kappa shape index (κ2) is 8.34. The second-order valence-corrected chi connectivity index (χ2v) is 4.82. The zero-order chi connectivity index (χ0) is 14.3. The topological polar surface area (TPSA) is 105 Å². The van der Waals surface area contributed by atoms with E-state index in [4.69, 9.17) is 19.2 Å². The molecule has 0 spiro atoms. The van der Waals surface area contributed by atoms with Crippen molar-refractivity contribution in [3.8, 4) is 0 Å². The molecule has 0 aromatic rings. The monoisotopic (exact) mass is 320 g/mol. The summed E-state index contributed by atoms with van der Waals surface area (Å²) >= 11 is 0. The van der Waals surface area contributed by atoms with Crippen molar-refractivity contribution < 1.29 is 50.4 Å². The Bertz CT molecular complexity index is 268. The van der Waals surface area contributed by atoms with E-state index in [0.717, 1.165) is 0 Å². The summed E-state index contributed by atoms with van der Waals surface area (Å²) in [5.74, 6) is 0. The lowest BCUT2D eigenvalue weighted by Crippen LogP contribution is -2.20. The van der Waals surface area contributed by atoms with Gasteiger partial charge >= 0.3 is 16.4 Å². The van der Waals surface area contributed by atoms with Crippen LogP contribution < -0.4 is 0 Å². The third-order valence-electron chi connectivity index (χ3n) is 1.13. The molecule has 13 heteroatoms. The quantitative estimate of drug-likeness (QED) is 0.536. The molecule has 110 valence electrons. The van der Waals surface area contributed by atoms with Gasteiger partial charge in [-0.3, -0.25) is 9.05 Å². The summed E-state index contributed by atoms with van der Waals surface area (Å²) < 4.78 is 69.5. The summed E-state index contributed by atoms with van der Waals surface area (Å²) in [7, 11) is -6.95. The lowest BCUT2D eigenvalue weighted by atomic mass is 10.5. The Labute approximate surface area is 99.9 Å². The molecule has 3 N–H and O–H groups in total. The molecule has 1 aliphatic heterocycles. The maximum absolute atomic E-state index is 12.4. The van der Waals surface area contributed by atoms with Crippen molar-refractivity contribution >= 4 is 16.4 Å². The molecule has 3 atom stereocenters. The van der Waals surface area contributed by atoms with Crippen LogP contribution in [0.5, 0.6) is 0 Å². The number of phosphoric acid groups is 1. The molecule has 1 rings (SSSR count). The SMILES string of the molecule is FC1CCOP(OC(F)C(F)F)O1.O=P(O)(O)O. The van der Waals surface area contributed by atoms with E-state index in [1.165, 1.54) is 0 Å². The van der Waals surface area contributed by atoms with Crippen molar-refractivity contribution in [2.75, 3.05) is 6.61 Å². The van der Waals surface area contributed by atoms with Crippen LogP contribution >= 0.6 is 16.4 Å². The molecule has 0 aromatic heterocycles. The predicted molar refractivity (Wildman–Crippen MR) is 49.7 cm³/mol. The molecule has 18 heavy (non-hydrogen) atoms. The van der Waals surface area contributed by atoms with Crippen LogP contribution in [-0.4, -0.2) is 40.4 Å². The first-order chi connectivity index (χ1) is 8.09. The maximum Gasteiger partial charge on any atom is 0.466 e. The maximum atomic E-state index is 12.4. The zero-order valence-electron chi connectivity index (χ0n) is 8.53. The van der Waals surface area contributed by atoms with E-state index in [1.807, 2.05) is 0 Å². The minimum absolute atomic E-state index is 0.00613. The van der Waals surface area contributed by atoms with Gasteiger partial charge in [-0.05, 0) is 0 Å². The van der Waals surface area contributed by atoms with Gasteiger partial charge in [-0.25, -0.2) is 22.1 Å². The van der Waals surface area contributed by atoms with Gasteiger partial charge in [0.05, 0.1) is 6.61 Å². The van der Waals surface area contributed by atoms with Gasteiger partial charge in [0, 0.05) is 6.42 Å². The van der Waals surface area contributed by atoms with E-state index in [2.05, 4.69) is 13.6 Å².